The summed E-state index contributed by atoms with van der Waals surface area (Å²) in [6.07, 6.45) is 3.20. The number of benzene rings is 1. The first-order valence-electron chi connectivity index (χ1n) is 5.22. The van der Waals surface area contributed by atoms with Crippen molar-refractivity contribution in [2.75, 3.05) is 7.11 Å². The molecule has 0 aliphatic rings. The molecule has 0 aliphatic heterocycles. The second-order valence-electron chi connectivity index (χ2n) is 3.46. The van der Waals surface area contributed by atoms with Crippen molar-refractivity contribution in [2.24, 2.45) is 5.84 Å². The monoisotopic (exact) mass is 230 g/mol. The van der Waals surface area contributed by atoms with Crippen molar-refractivity contribution in [2.45, 2.75) is 6.04 Å². The number of nitrogens with zero attached hydrogens (tertiary/aromatic N) is 2. The van der Waals surface area contributed by atoms with Gasteiger partial charge in [0.25, 0.3) is 0 Å². The maximum atomic E-state index is 5.59. The van der Waals surface area contributed by atoms with Gasteiger partial charge in [-0.15, -0.1) is 0 Å². The van der Waals surface area contributed by atoms with Crippen LogP contribution in [0.5, 0.6) is 5.88 Å². The van der Waals surface area contributed by atoms with Gasteiger partial charge < -0.3 is 4.74 Å². The largest absolute Gasteiger partial charge is 0.480 e. The number of methoxy groups -OCH3 is 1. The molecule has 2 aromatic rings. The fourth-order valence-electron chi connectivity index (χ4n) is 1.67. The number of rotatable bonds is 4. The zero-order chi connectivity index (χ0) is 12.1. The van der Waals surface area contributed by atoms with Crippen LogP contribution in [0.25, 0.3) is 0 Å². The van der Waals surface area contributed by atoms with Gasteiger partial charge in [-0.05, 0) is 5.56 Å². The first-order chi connectivity index (χ1) is 8.36. The molecule has 1 unspecified atom stereocenters. The Morgan fingerprint density at radius 1 is 1.18 bits per heavy atom. The summed E-state index contributed by atoms with van der Waals surface area (Å²) in [6.45, 7) is 0. The molecule has 2 rings (SSSR count). The van der Waals surface area contributed by atoms with Gasteiger partial charge in [0.15, 0.2) is 0 Å². The molecule has 0 aliphatic carbocycles. The molecular weight excluding hydrogens is 216 g/mol. The molecule has 5 nitrogen and oxygen atoms in total. The van der Waals surface area contributed by atoms with Crippen molar-refractivity contribution in [1.29, 1.82) is 0 Å². The maximum absolute atomic E-state index is 5.59. The standard InChI is InChI=1S/C12H14N4O/c1-17-12-11(14-7-8-15-12)10(16-13)9-5-3-2-4-6-9/h2-8,10,16H,13H2,1H3. The lowest BCUT2D eigenvalue weighted by Gasteiger charge is -2.17. The molecule has 5 heteroatoms. The maximum Gasteiger partial charge on any atom is 0.237 e. The van der Waals surface area contributed by atoms with E-state index >= 15 is 0 Å². The molecule has 17 heavy (non-hydrogen) atoms. The van der Waals surface area contributed by atoms with E-state index in [1.807, 2.05) is 30.3 Å². The minimum atomic E-state index is -0.236. The van der Waals surface area contributed by atoms with Crippen LogP contribution in [0.2, 0.25) is 0 Å². The van der Waals surface area contributed by atoms with Gasteiger partial charge in [-0.1, -0.05) is 30.3 Å². The highest BCUT2D eigenvalue weighted by Crippen LogP contribution is 2.25. The number of aromatic nitrogens is 2. The summed E-state index contributed by atoms with van der Waals surface area (Å²) in [5, 5.41) is 0. The van der Waals surface area contributed by atoms with Crippen molar-refractivity contribution in [1.82, 2.24) is 15.4 Å². The SMILES string of the molecule is COc1nccnc1C(NN)c1ccccc1. The van der Waals surface area contributed by atoms with Crippen LogP contribution in [-0.2, 0) is 0 Å². The fourth-order valence-corrected chi connectivity index (χ4v) is 1.67. The van der Waals surface area contributed by atoms with Crippen LogP contribution in [0.1, 0.15) is 17.3 Å². The fraction of sp³-hybridized carbons (Fsp3) is 0.167. The van der Waals surface area contributed by atoms with Crippen LogP contribution in [0, 0.1) is 0 Å². The number of nitrogens with one attached hydrogen (secondary N) is 1. The smallest absolute Gasteiger partial charge is 0.237 e. The predicted molar refractivity (Wildman–Crippen MR) is 64.2 cm³/mol. The topological polar surface area (TPSA) is 73.1 Å². The molecule has 88 valence electrons. The van der Waals surface area contributed by atoms with Gasteiger partial charge in [-0.3, -0.25) is 10.8 Å². The van der Waals surface area contributed by atoms with E-state index in [2.05, 4.69) is 15.4 Å². The van der Waals surface area contributed by atoms with Crippen LogP contribution in [0.15, 0.2) is 42.7 Å². The third-order valence-corrected chi connectivity index (χ3v) is 2.46. The molecule has 1 heterocycles. The summed E-state index contributed by atoms with van der Waals surface area (Å²) in [5.74, 6) is 6.06. The molecule has 0 amide bonds. The first kappa shape index (κ1) is 11.5. The Labute approximate surface area is 99.6 Å². The minimum absolute atomic E-state index is 0.236. The summed E-state index contributed by atoms with van der Waals surface area (Å²) in [6, 6.07) is 9.55. The summed E-state index contributed by atoms with van der Waals surface area (Å²) < 4.78 is 5.18. The van der Waals surface area contributed by atoms with Gasteiger partial charge in [-0.2, -0.15) is 0 Å². The van der Waals surface area contributed by atoms with E-state index in [0.29, 0.717) is 11.6 Å². The normalized spacial score (nSPS) is 12.1. The van der Waals surface area contributed by atoms with Gasteiger partial charge in [0, 0.05) is 12.4 Å². The summed E-state index contributed by atoms with van der Waals surface area (Å²) >= 11 is 0. The Morgan fingerprint density at radius 2 is 1.88 bits per heavy atom. The van der Waals surface area contributed by atoms with E-state index in [1.165, 1.54) is 0 Å². The van der Waals surface area contributed by atoms with E-state index < -0.39 is 0 Å². The lowest BCUT2D eigenvalue weighted by atomic mass is 10.0. The first-order valence-corrected chi connectivity index (χ1v) is 5.22. The molecule has 0 spiro atoms. The Kier molecular flexibility index (Phi) is 3.64. The van der Waals surface area contributed by atoms with Gasteiger partial charge in [0.05, 0.1) is 13.2 Å². The third kappa shape index (κ3) is 2.41. The number of hydrazine groups is 1. The van der Waals surface area contributed by atoms with E-state index in [1.54, 1.807) is 19.5 Å². The van der Waals surface area contributed by atoms with Crippen molar-refractivity contribution in [3.63, 3.8) is 0 Å². The van der Waals surface area contributed by atoms with Crippen LogP contribution in [0.3, 0.4) is 0 Å². The molecule has 1 aromatic carbocycles. The lowest BCUT2D eigenvalue weighted by molar-refractivity contribution is 0.383. The molecule has 0 saturated carbocycles. The van der Waals surface area contributed by atoms with Gasteiger partial charge in [0.2, 0.25) is 5.88 Å². The van der Waals surface area contributed by atoms with Gasteiger partial charge in [-0.25, -0.2) is 10.4 Å². The van der Waals surface area contributed by atoms with Gasteiger partial charge >= 0.3 is 0 Å². The second-order valence-corrected chi connectivity index (χ2v) is 3.46. The molecule has 0 radical (unpaired) electrons. The lowest BCUT2D eigenvalue weighted by Crippen LogP contribution is -2.30. The molecule has 0 saturated heterocycles. The number of hydrogen-bond acceptors (Lipinski definition) is 5. The molecular formula is C12H14N4O. The second kappa shape index (κ2) is 5.38. The summed E-state index contributed by atoms with van der Waals surface area (Å²) in [7, 11) is 1.56. The predicted octanol–water partition coefficient (Wildman–Crippen LogP) is 1.04. The number of ether oxygens (including phenoxy) is 1. The molecule has 1 atom stereocenters. The Hall–Kier alpha value is -1.98. The van der Waals surface area contributed by atoms with E-state index in [0.717, 1.165) is 5.56 Å². The summed E-state index contributed by atoms with van der Waals surface area (Å²) in [5.41, 5.74) is 4.41. The highest BCUT2D eigenvalue weighted by Gasteiger charge is 2.18. The Bertz CT molecular complexity index is 475. The number of nitrogens with two attached hydrogens (primary N) is 1. The Balaban J connectivity index is 2.42. The molecule has 1 aromatic heterocycles. The van der Waals surface area contributed by atoms with E-state index in [-0.39, 0.29) is 6.04 Å². The van der Waals surface area contributed by atoms with Crippen molar-refractivity contribution >= 4 is 0 Å². The van der Waals surface area contributed by atoms with Gasteiger partial charge in [0.1, 0.15) is 5.69 Å². The van der Waals surface area contributed by atoms with Crippen molar-refractivity contribution in [3.05, 3.63) is 54.0 Å². The van der Waals surface area contributed by atoms with Crippen LogP contribution in [0.4, 0.5) is 0 Å². The molecule has 3 N–H and O–H groups in total. The van der Waals surface area contributed by atoms with Crippen LogP contribution < -0.4 is 16.0 Å². The minimum Gasteiger partial charge on any atom is -0.480 e. The number of hydrogen-bond donors (Lipinski definition) is 2. The molecule has 0 fully saturated rings. The third-order valence-electron chi connectivity index (χ3n) is 2.46. The zero-order valence-electron chi connectivity index (χ0n) is 9.50. The van der Waals surface area contributed by atoms with Crippen LogP contribution >= 0.6 is 0 Å². The summed E-state index contributed by atoms with van der Waals surface area (Å²) in [4.78, 5) is 8.38. The molecule has 0 bridgehead atoms. The van der Waals surface area contributed by atoms with E-state index in [9.17, 15) is 0 Å². The van der Waals surface area contributed by atoms with Crippen LogP contribution in [-0.4, -0.2) is 17.1 Å². The van der Waals surface area contributed by atoms with Crippen molar-refractivity contribution in [3.8, 4) is 5.88 Å². The highest BCUT2D eigenvalue weighted by atomic mass is 16.5. The quantitative estimate of drug-likeness (QED) is 0.606. The Morgan fingerprint density at radius 3 is 2.53 bits per heavy atom. The zero-order valence-corrected chi connectivity index (χ0v) is 9.50. The van der Waals surface area contributed by atoms with E-state index in [4.69, 9.17) is 10.6 Å². The highest BCUT2D eigenvalue weighted by molar-refractivity contribution is 5.32. The average molecular weight is 230 g/mol. The average Bonchev–Trinajstić information content (AvgIpc) is 2.41. The van der Waals surface area contributed by atoms with Crippen molar-refractivity contribution < 1.29 is 4.74 Å².